The molecule has 0 aromatic carbocycles. The average molecular weight is 275 g/mol. The van der Waals surface area contributed by atoms with Crippen molar-refractivity contribution >= 4 is 11.6 Å². The molecule has 0 unspecified atom stereocenters. The van der Waals surface area contributed by atoms with Crippen molar-refractivity contribution in [2.75, 3.05) is 18.9 Å². The molecule has 1 aromatic heterocycles. The van der Waals surface area contributed by atoms with E-state index in [1.807, 2.05) is 31.0 Å². The molecule has 1 N–H and O–H groups in total. The Bertz CT molecular complexity index is 453. The molecule has 1 fully saturated rings. The van der Waals surface area contributed by atoms with E-state index in [1.54, 1.807) is 6.20 Å². The highest BCUT2D eigenvalue weighted by atomic mass is 16.2. The van der Waals surface area contributed by atoms with E-state index in [0.717, 1.165) is 31.0 Å². The number of pyridine rings is 1. The highest BCUT2D eigenvalue weighted by Crippen LogP contribution is 2.27. The number of anilines is 1. The van der Waals surface area contributed by atoms with E-state index in [-0.39, 0.29) is 5.91 Å². The van der Waals surface area contributed by atoms with Crippen LogP contribution in [0.1, 0.15) is 50.0 Å². The molecule has 0 spiro atoms. The Balaban J connectivity index is 2.04. The minimum atomic E-state index is 0.0318. The summed E-state index contributed by atoms with van der Waals surface area (Å²) in [6.07, 6.45) is 6.34. The van der Waals surface area contributed by atoms with E-state index in [1.165, 1.54) is 12.8 Å². The molecule has 0 saturated heterocycles. The molecular formula is C16H25N3O. The van der Waals surface area contributed by atoms with E-state index < -0.39 is 0 Å². The molecule has 1 aliphatic rings. The molecule has 20 heavy (non-hydrogen) atoms. The Labute approximate surface area is 121 Å². The van der Waals surface area contributed by atoms with E-state index in [4.69, 9.17) is 0 Å². The molecular weight excluding hydrogens is 250 g/mol. The largest absolute Gasteiger partial charge is 0.385 e. The van der Waals surface area contributed by atoms with Crippen LogP contribution in [0.15, 0.2) is 18.3 Å². The fraction of sp³-hybridized carbons (Fsp3) is 0.625. The van der Waals surface area contributed by atoms with Gasteiger partial charge in [0, 0.05) is 31.5 Å². The highest BCUT2D eigenvalue weighted by molar-refractivity contribution is 5.93. The van der Waals surface area contributed by atoms with Gasteiger partial charge in [0.2, 0.25) is 0 Å². The fourth-order valence-corrected chi connectivity index (χ4v) is 2.84. The van der Waals surface area contributed by atoms with Gasteiger partial charge in [-0.25, -0.2) is 0 Å². The van der Waals surface area contributed by atoms with Crippen LogP contribution < -0.4 is 5.32 Å². The van der Waals surface area contributed by atoms with Crippen molar-refractivity contribution in [2.45, 2.75) is 45.6 Å². The maximum absolute atomic E-state index is 12.5. The number of hydrogen-bond acceptors (Lipinski definition) is 3. The van der Waals surface area contributed by atoms with Gasteiger partial charge in [0.05, 0.1) is 0 Å². The molecule has 0 aliphatic heterocycles. The number of nitrogens with one attached hydrogen (secondary N) is 1. The molecule has 0 atom stereocenters. The van der Waals surface area contributed by atoms with Crippen LogP contribution in [-0.4, -0.2) is 35.4 Å². The SMILES string of the molecule is CCNc1ccnc(C(=O)N(C)C2CCC(C)CC2)c1. The zero-order chi connectivity index (χ0) is 14.5. The second-order valence-corrected chi connectivity index (χ2v) is 5.79. The predicted octanol–water partition coefficient (Wildman–Crippen LogP) is 3.16. The summed E-state index contributed by atoms with van der Waals surface area (Å²) in [6, 6.07) is 4.10. The van der Waals surface area contributed by atoms with Crippen molar-refractivity contribution in [3.05, 3.63) is 24.0 Å². The summed E-state index contributed by atoms with van der Waals surface area (Å²) in [5.41, 5.74) is 1.49. The number of amides is 1. The number of hydrogen-bond donors (Lipinski definition) is 1. The lowest BCUT2D eigenvalue weighted by atomic mass is 9.86. The van der Waals surface area contributed by atoms with E-state index in [2.05, 4.69) is 17.2 Å². The van der Waals surface area contributed by atoms with Crippen LogP contribution in [0.5, 0.6) is 0 Å². The summed E-state index contributed by atoms with van der Waals surface area (Å²) >= 11 is 0. The molecule has 1 heterocycles. The summed E-state index contributed by atoms with van der Waals surface area (Å²) in [7, 11) is 1.91. The summed E-state index contributed by atoms with van der Waals surface area (Å²) in [4.78, 5) is 18.6. The first-order valence-corrected chi connectivity index (χ1v) is 7.59. The number of nitrogens with zero attached hydrogens (tertiary/aromatic N) is 2. The number of carbonyl (C=O) groups is 1. The smallest absolute Gasteiger partial charge is 0.272 e. The molecule has 1 saturated carbocycles. The van der Waals surface area contributed by atoms with Crippen molar-refractivity contribution in [3.63, 3.8) is 0 Å². The van der Waals surface area contributed by atoms with E-state index in [0.29, 0.717) is 11.7 Å². The van der Waals surface area contributed by atoms with Gasteiger partial charge >= 0.3 is 0 Å². The average Bonchev–Trinajstić information content (AvgIpc) is 2.47. The van der Waals surface area contributed by atoms with Crippen LogP contribution in [0, 0.1) is 5.92 Å². The zero-order valence-electron chi connectivity index (χ0n) is 12.7. The van der Waals surface area contributed by atoms with Crippen molar-refractivity contribution < 1.29 is 4.79 Å². The van der Waals surface area contributed by atoms with Crippen LogP contribution >= 0.6 is 0 Å². The third-order valence-electron chi connectivity index (χ3n) is 4.21. The molecule has 1 aliphatic carbocycles. The first kappa shape index (κ1) is 14.8. The number of rotatable bonds is 4. The number of carbonyl (C=O) groups excluding carboxylic acids is 1. The minimum Gasteiger partial charge on any atom is -0.385 e. The Morgan fingerprint density at radius 1 is 1.40 bits per heavy atom. The minimum absolute atomic E-state index is 0.0318. The summed E-state index contributed by atoms with van der Waals surface area (Å²) < 4.78 is 0. The van der Waals surface area contributed by atoms with Gasteiger partial charge in [-0.05, 0) is 50.7 Å². The van der Waals surface area contributed by atoms with Crippen molar-refractivity contribution in [1.29, 1.82) is 0 Å². The normalized spacial score (nSPS) is 22.4. The molecule has 110 valence electrons. The second-order valence-electron chi connectivity index (χ2n) is 5.79. The number of aromatic nitrogens is 1. The summed E-state index contributed by atoms with van der Waals surface area (Å²) in [5.74, 6) is 0.828. The van der Waals surface area contributed by atoms with Gasteiger partial charge in [0.25, 0.3) is 5.91 Å². The third-order valence-corrected chi connectivity index (χ3v) is 4.21. The lowest BCUT2D eigenvalue weighted by Crippen LogP contribution is -2.39. The predicted molar refractivity (Wildman–Crippen MR) is 81.9 cm³/mol. The molecule has 4 nitrogen and oxygen atoms in total. The highest BCUT2D eigenvalue weighted by Gasteiger charge is 2.26. The Morgan fingerprint density at radius 3 is 2.75 bits per heavy atom. The monoisotopic (exact) mass is 275 g/mol. The zero-order valence-corrected chi connectivity index (χ0v) is 12.7. The van der Waals surface area contributed by atoms with Gasteiger partial charge in [0.15, 0.2) is 0 Å². The topological polar surface area (TPSA) is 45.2 Å². The van der Waals surface area contributed by atoms with Gasteiger partial charge < -0.3 is 10.2 Å². The second kappa shape index (κ2) is 6.73. The maximum atomic E-state index is 12.5. The van der Waals surface area contributed by atoms with Crippen LogP contribution in [0.25, 0.3) is 0 Å². The Morgan fingerprint density at radius 2 is 2.10 bits per heavy atom. The van der Waals surface area contributed by atoms with Crippen molar-refractivity contribution in [2.24, 2.45) is 5.92 Å². The van der Waals surface area contributed by atoms with Gasteiger partial charge in [-0.3, -0.25) is 9.78 Å². The lowest BCUT2D eigenvalue weighted by Gasteiger charge is -2.33. The van der Waals surface area contributed by atoms with E-state index in [9.17, 15) is 4.79 Å². The molecule has 2 rings (SSSR count). The maximum Gasteiger partial charge on any atom is 0.272 e. The molecule has 0 bridgehead atoms. The van der Waals surface area contributed by atoms with Crippen LogP contribution in [-0.2, 0) is 0 Å². The standard InChI is InChI=1S/C16H25N3O/c1-4-17-13-9-10-18-15(11-13)16(20)19(3)14-7-5-12(2)6-8-14/h9-12,14H,4-8H2,1-3H3,(H,17,18). The quantitative estimate of drug-likeness (QED) is 0.918. The van der Waals surface area contributed by atoms with Gasteiger partial charge in [-0.15, -0.1) is 0 Å². The fourth-order valence-electron chi connectivity index (χ4n) is 2.84. The molecule has 0 radical (unpaired) electrons. The molecule has 1 aromatic rings. The van der Waals surface area contributed by atoms with Gasteiger partial charge in [-0.1, -0.05) is 6.92 Å². The van der Waals surface area contributed by atoms with E-state index >= 15 is 0 Å². The Kier molecular flexibility index (Phi) is 4.99. The van der Waals surface area contributed by atoms with Crippen molar-refractivity contribution in [1.82, 2.24) is 9.88 Å². The first-order valence-electron chi connectivity index (χ1n) is 7.59. The third kappa shape index (κ3) is 3.50. The van der Waals surface area contributed by atoms with Gasteiger partial charge in [-0.2, -0.15) is 0 Å². The summed E-state index contributed by atoms with van der Waals surface area (Å²) in [6.45, 7) is 5.17. The van der Waals surface area contributed by atoms with Crippen LogP contribution in [0.3, 0.4) is 0 Å². The van der Waals surface area contributed by atoms with Crippen molar-refractivity contribution in [3.8, 4) is 0 Å². The molecule has 1 amide bonds. The molecule has 4 heteroatoms. The first-order chi connectivity index (χ1) is 9.61. The Hall–Kier alpha value is -1.58. The summed E-state index contributed by atoms with van der Waals surface area (Å²) in [5, 5.41) is 3.22. The van der Waals surface area contributed by atoms with Crippen LogP contribution in [0.4, 0.5) is 5.69 Å². The van der Waals surface area contributed by atoms with Crippen LogP contribution in [0.2, 0.25) is 0 Å². The van der Waals surface area contributed by atoms with Gasteiger partial charge in [0.1, 0.15) is 5.69 Å². The lowest BCUT2D eigenvalue weighted by molar-refractivity contribution is 0.0673.